The molecule has 1 saturated carbocycles. The van der Waals surface area contributed by atoms with Crippen molar-refractivity contribution in [3.63, 3.8) is 0 Å². The summed E-state index contributed by atoms with van der Waals surface area (Å²) in [4.78, 5) is 0. The molecule has 0 radical (unpaired) electrons. The molecule has 2 fully saturated rings. The van der Waals surface area contributed by atoms with E-state index in [0.29, 0.717) is 17.5 Å². The minimum absolute atomic E-state index is 0.530. The van der Waals surface area contributed by atoms with Gasteiger partial charge in [-0.15, -0.1) is 0 Å². The van der Waals surface area contributed by atoms with Gasteiger partial charge in [-0.25, -0.2) is 0 Å². The van der Waals surface area contributed by atoms with Crippen LogP contribution < -0.4 is 10.6 Å². The number of hydrogen-bond acceptors (Lipinski definition) is 2. The molecule has 2 aliphatic rings. The van der Waals surface area contributed by atoms with Gasteiger partial charge in [0.25, 0.3) is 0 Å². The fourth-order valence-corrected chi connectivity index (χ4v) is 3.99. The molecule has 0 amide bonds. The highest BCUT2D eigenvalue weighted by Gasteiger charge is 2.38. The molecule has 0 unspecified atom stereocenters. The molecule has 0 aromatic heterocycles. The zero-order valence-electron chi connectivity index (χ0n) is 15.2. The van der Waals surface area contributed by atoms with Gasteiger partial charge in [0.2, 0.25) is 0 Å². The molecule has 2 atom stereocenters. The Bertz CT molecular complexity index is 764. The Morgan fingerprint density at radius 2 is 1.70 bits per heavy atom. The van der Waals surface area contributed by atoms with Crippen LogP contribution in [0.25, 0.3) is 11.1 Å². The van der Waals surface area contributed by atoms with Gasteiger partial charge in [-0.05, 0) is 73.6 Å². The fourth-order valence-electron chi connectivity index (χ4n) is 3.99. The van der Waals surface area contributed by atoms with Gasteiger partial charge in [0, 0.05) is 12.0 Å². The van der Waals surface area contributed by atoms with Crippen molar-refractivity contribution in [1.82, 2.24) is 10.6 Å². The smallest absolute Gasteiger partial charge is 0.317 e. The van der Waals surface area contributed by atoms with Crippen molar-refractivity contribution < 1.29 is 13.2 Å². The zero-order chi connectivity index (χ0) is 18.9. The van der Waals surface area contributed by atoms with Crippen LogP contribution in [0.3, 0.4) is 0 Å². The summed E-state index contributed by atoms with van der Waals surface area (Å²) in [5.74, 6) is 1.30. The first-order chi connectivity index (χ1) is 13.0. The highest BCUT2D eigenvalue weighted by Crippen LogP contribution is 2.41. The molecule has 0 spiro atoms. The lowest BCUT2D eigenvalue weighted by Crippen LogP contribution is -2.34. The van der Waals surface area contributed by atoms with Crippen LogP contribution in [-0.2, 0) is 6.18 Å². The second kappa shape index (κ2) is 7.64. The number of rotatable bonds is 5. The van der Waals surface area contributed by atoms with Crippen LogP contribution in [0.1, 0.15) is 36.3 Å². The number of alkyl halides is 3. The lowest BCUT2D eigenvalue weighted by atomic mass is 9.98. The third kappa shape index (κ3) is 4.53. The molecule has 0 bridgehead atoms. The quantitative estimate of drug-likeness (QED) is 0.784. The average molecular weight is 374 g/mol. The summed E-state index contributed by atoms with van der Waals surface area (Å²) in [6.45, 7) is 3.33. The molecule has 1 aliphatic carbocycles. The number of halogens is 3. The number of benzene rings is 2. The van der Waals surface area contributed by atoms with Crippen molar-refractivity contribution in [2.75, 3.05) is 19.6 Å². The Labute approximate surface area is 158 Å². The monoisotopic (exact) mass is 374 g/mol. The molecule has 2 nitrogen and oxygen atoms in total. The predicted molar refractivity (Wildman–Crippen MR) is 102 cm³/mol. The van der Waals surface area contributed by atoms with Gasteiger partial charge in [-0.2, -0.15) is 13.2 Å². The zero-order valence-corrected chi connectivity index (χ0v) is 15.2. The second-order valence-corrected chi connectivity index (χ2v) is 7.75. The molecule has 2 aromatic rings. The van der Waals surface area contributed by atoms with Gasteiger partial charge >= 0.3 is 6.18 Å². The van der Waals surface area contributed by atoms with Crippen molar-refractivity contribution in [3.8, 4) is 11.1 Å². The molecule has 2 N–H and O–H groups in total. The minimum atomic E-state index is -4.31. The van der Waals surface area contributed by atoms with E-state index in [0.717, 1.165) is 43.6 Å². The molecule has 1 aliphatic heterocycles. The molecule has 144 valence electrons. The number of nitrogens with one attached hydrogen (secondary N) is 2. The molecule has 2 aromatic carbocycles. The Morgan fingerprint density at radius 3 is 2.41 bits per heavy atom. The number of hydrogen-bond donors (Lipinski definition) is 2. The fraction of sp³-hybridized carbons (Fsp3) is 0.455. The van der Waals surface area contributed by atoms with E-state index in [4.69, 9.17) is 0 Å². The molecular weight excluding hydrogens is 349 g/mol. The Morgan fingerprint density at radius 1 is 0.963 bits per heavy atom. The van der Waals surface area contributed by atoms with Crippen molar-refractivity contribution in [2.24, 2.45) is 5.92 Å². The van der Waals surface area contributed by atoms with E-state index in [1.807, 2.05) is 12.1 Å². The summed E-state index contributed by atoms with van der Waals surface area (Å²) >= 11 is 0. The molecule has 4 rings (SSSR count). The van der Waals surface area contributed by atoms with Crippen molar-refractivity contribution in [2.45, 2.75) is 37.4 Å². The molecule has 5 heteroatoms. The standard InChI is InChI=1S/C22H25F3N2/c23-22(24,25)19-3-1-2-18(12-19)16-4-6-17(7-5-16)20-13-21(20)27-14-15-8-10-26-11-9-15/h1-7,12,15,20-21,26-27H,8-11,13-14H2/t20-,21-/m1/s1. The third-order valence-electron chi connectivity index (χ3n) is 5.78. The van der Waals surface area contributed by atoms with Crippen LogP contribution in [0.15, 0.2) is 48.5 Å². The van der Waals surface area contributed by atoms with E-state index in [9.17, 15) is 13.2 Å². The van der Waals surface area contributed by atoms with Crippen LogP contribution in [0.2, 0.25) is 0 Å². The SMILES string of the molecule is FC(F)(F)c1cccc(-c2ccc([C@H]3C[C@H]3NCC3CCNCC3)cc2)c1. The molecular formula is C22H25F3N2. The first kappa shape index (κ1) is 18.5. The van der Waals surface area contributed by atoms with Gasteiger partial charge in [0.15, 0.2) is 0 Å². The van der Waals surface area contributed by atoms with Crippen LogP contribution in [0, 0.1) is 5.92 Å². The molecule has 27 heavy (non-hydrogen) atoms. The normalized spacial score (nSPS) is 23.4. The van der Waals surface area contributed by atoms with Crippen LogP contribution in [-0.4, -0.2) is 25.7 Å². The third-order valence-corrected chi connectivity index (χ3v) is 5.78. The van der Waals surface area contributed by atoms with E-state index >= 15 is 0 Å². The van der Waals surface area contributed by atoms with E-state index in [1.165, 1.54) is 30.5 Å². The first-order valence-electron chi connectivity index (χ1n) is 9.72. The van der Waals surface area contributed by atoms with Crippen LogP contribution in [0.4, 0.5) is 13.2 Å². The Balaban J connectivity index is 1.36. The Hall–Kier alpha value is -1.85. The Kier molecular flexibility index (Phi) is 5.24. The predicted octanol–water partition coefficient (Wildman–Crippen LogP) is 4.82. The summed E-state index contributed by atoms with van der Waals surface area (Å²) in [6.07, 6.45) is -0.669. The van der Waals surface area contributed by atoms with Crippen molar-refractivity contribution in [3.05, 3.63) is 59.7 Å². The van der Waals surface area contributed by atoms with Crippen LogP contribution >= 0.6 is 0 Å². The van der Waals surface area contributed by atoms with E-state index < -0.39 is 11.7 Å². The van der Waals surface area contributed by atoms with E-state index in [-0.39, 0.29) is 0 Å². The maximum Gasteiger partial charge on any atom is 0.416 e. The maximum atomic E-state index is 12.9. The second-order valence-electron chi connectivity index (χ2n) is 7.75. The topological polar surface area (TPSA) is 24.1 Å². The van der Waals surface area contributed by atoms with Gasteiger partial charge in [0.05, 0.1) is 5.56 Å². The summed E-state index contributed by atoms with van der Waals surface area (Å²) in [7, 11) is 0. The van der Waals surface area contributed by atoms with Gasteiger partial charge < -0.3 is 10.6 Å². The molecule has 1 saturated heterocycles. The highest BCUT2D eigenvalue weighted by atomic mass is 19.4. The van der Waals surface area contributed by atoms with Crippen molar-refractivity contribution >= 4 is 0 Å². The highest BCUT2D eigenvalue weighted by molar-refractivity contribution is 5.65. The van der Waals surface area contributed by atoms with Gasteiger partial charge in [-0.3, -0.25) is 0 Å². The van der Waals surface area contributed by atoms with E-state index in [2.05, 4.69) is 22.8 Å². The summed E-state index contributed by atoms with van der Waals surface area (Å²) in [6, 6.07) is 14.1. The summed E-state index contributed by atoms with van der Waals surface area (Å²) < 4.78 is 38.7. The lowest BCUT2D eigenvalue weighted by Gasteiger charge is -2.22. The maximum absolute atomic E-state index is 12.9. The average Bonchev–Trinajstić information content (AvgIpc) is 3.47. The van der Waals surface area contributed by atoms with Crippen molar-refractivity contribution in [1.29, 1.82) is 0 Å². The first-order valence-corrected chi connectivity index (χ1v) is 9.72. The summed E-state index contributed by atoms with van der Waals surface area (Å²) in [5, 5.41) is 7.09. The van der Waals surface area contributed by atoms with Gasteiger partial charge in [-0.1, -0.05) is 36.4 Å². The van der Waals surface area contributed by atoms with E-state index in [1.54, 1.807) is 6.07 Å². The van der Waals surface area contributed by atoms with Crippen LogP contribution in [0.5, 0.6) is 0 Å². The lowest BCUT2D eigenvalue weighted by molar-refractivity contribution is -0.137. The molecule has 1 heterocycles. The number of piperidine rings is 1. The summed E-state index contributed by atoms with van der Waals surface area (Å²) in [5.41, 5.74) is 2.10. The van der Waals surface area contributed by atoms with Gasteiger partial charge in [0.1, 0.15) is 0 Å². The minimum Gasteiger partial charge on any atom is -0.317 e. The largest absolute Gasteiger partial charge is 0.416 e.